The highest BCUT2D eigenvalue weighted by molar-refractivity contribution is 5.85. The fourth-order valence-corrected chi connectivity index (χ4v) is 3.16. The average molecular weight is 295 g/mol. The number of hydrogen-bond acceptors (Lipinski definition) is 5. The van der Waals surface area contributed by atoms with Crippen molar-refractivity contribution in [2.45, 2.75) is 19.3 Å². The van der Waals surface area contributed by atoms with Gasteiger partial charge in [-0.1, -0.05) is 0 Å². The van der Waals surface area contributed by atoms with Crippen molar-refractivity contribution in [1.82, 2.24) is 4.98 Å². The number of hydrogen-bond donors (Lipinski definition) is 0. The molecule has 5 heteroatoms. The standard InChI is InChI=1S/C17H17N3O2/c18-4-3-12-9-13-10-15-16(22-8-7-21-15)11-14(13)19-17(12)20-5-1-2-6-20/h9-11H,1-3,5-8H2. The summed E-state index contributed by atoms with van der Waals surface area (Å²) in [7, 11) is 0. The van der Waals surface area contributed by atoms with Gasteiger partial charge in [-0.3, -0.25) is 0 Å². The van der Waals surface area contributed by atoms with Crippen LogP contribution in [-0.4, -0.2) is 31.3 Å². The molecule has 0 unspecified atom stereocenters. The molecule has 2 aromatic rings. The van der Waals surface area contributed by atoms with Gasteiger partial charge in [-0.2, -0.15) is 5.26 Å². The monoisotopic (exact) mass is 295 g/mol. The molecular weight excluding hydrogens is 278 g/mol. The Morgan fingerprint density at radius 3 is 2.55 bits per heavy atom. The lowest BCUT2D eigenvalue weighted by Crippen LogP contribution is -2.21. The second-order valence-corrected chi connectivity index (χ2v) is 5.69. The third kappa shape index (κ3) is 2.21. The van der Waals surface area contributed by atoms with Gasteiger partial charge in [0.25, 0.3) is 0 Å². The van der Waals surface area contributed by atoms with E-state index in [0.29, 0.717) is 19.6 Å². The van der Waals surface area contributed by atoms with E-state index < -0.39 is 0 Å². The summed E-state index contributed by atoms with van der Waals surface area (Å²) >= 11 is 0. The molecule has 2 aliphatic heterocycles. The molecule has 0 bridgehead atoms. The Balaban J connectivity index is 1.86. The number of nitriles is 1. The van der Waals surface area contributed by atoms with Gasteiger partial charge in [-0.25, -0.2) is 4.98 Å². The van der Waals surface area contributed by atoms with Crippen LogP contribution in [0.25, 0.3) is 10.9 Å². The minimum Gasteiger partial charge on any atom is -0.486 e. The summed E-state index contributed by atoms with van der Waals surface area (Å²) in [6.45, 7) is 3.18. The molecule has 0 radical (unpaired) electrons. The molecule has 1 aromatic heterocycles. The normalized spacial score (nSPS) is 16.8. The SMILES string of the molecule is N#CCc1cc2cc3c(cc2nc1N1CCCC1)OCCO3. The number of ether oxygens (including phenoxy) is 2. The van der Waals surface area contributed by atoms with Gasteiger partial charge in [0.2, 0.25) is 0 Å². The number of anilines is 1. The van der Waals surface area contributed by atoms with Crippen LogP contribution < -0.4 is 14.4 Å². The van der Waals surface area contributed by atoms with Crippen molar-refractivity contribution in [3.8, 4) is 17.6 Å². The molecule has 112 valence electrons. The molecule has 22 heavy (non-hydrogen) atoms. The van der Waals surface area contributed by atoms with Crippen LogP contribution in [-0.2, 0) is 6.42 Å². The van der Waals surface area contributed by atoms with Crippen molar-refractivity contribution >= 4 is 16.7 Å². The number of benzene rings is 1. The van der Waals surface area contributed by atoms with E-state index in [1.807, 2.05) is 12.1 Å². The van der Waals surface area contributed by atoms with Crippen molar-refractivity contribution in [1.29, 1.82) is 5.26 Å². The minimum absolute atomic E-state index is 0.378. The molecule has 4 rings (SSSR count). The van der Waals surface area contributed by atoms with Crippen LogP contribution in [0, 0.1) is 11.3 Å². The van der Waals surface area contributed by atoms with E-state index in [0.717, 1.165) is 46.9 Å². The van der Waals surface area contributed by atoms with Crippen LogP contribution in [0.2, 0.25) is 0 Å². The van der Waals surface area contributed by atoms with Crippen molar-refractivity contribution in [3.63, 3.8) is 0 Å². The first-order valence-electron chi connectivity index (χ1n) is 7.70. The summed E-state index contributed by atoms with van der Waals surface area (Å²) in [4.78, 5) is 7.10. The van der Waals surface area contributed by atoms with Crippen molar-refractivity contribution in [2.75, 3.05) is 31.2 Å². The molecule has 3 heterocycles. The summed E-state index contributed by atoms with van der Waals surface area (Å²) in [5.74, 6) is 2.47. The Morgan fingerprint density at radius 1 is 1.09 bits per heavy atom. The maximum Gasteiger partial charge on any atom is 0.163 e. The van der Waals surface area contributed by atoms with Gasteiger partial charge in [0.1, 0.15) is 19.0 Å². The lowest BCUT2D eigenvalue weighted by molar-refractivity contribution is 0.172. The highest BCUT2D eigenvalue weighted by atomic mass is 16.6. The van der Waals surface area contributed by atoms with Gasteiger partial charge < -0.3 is 14.4 Å². The topological polar surface area (TPSA) is 58.4 Å². The lowest BCUT2D eigenvalue weighted by Gasteiger charge is -2.22. The predicted molar refractivity (Wildman–Crippen MR) is 83.5 cm³/mol. The van der Waals surface area contributed by atoms with E-state index in [9.17, 15) is 0 Å². The van der Waals surface area contributed by atoms with E-state index in [2.05, 4.69) is 17.0 Å². The number of aromatic nitrogens is 1. The molecule has 0 N–H and O–H groups in total. The van der Waals surface area contributed by atoms with Crippen LogP contribution >= 0.6 is 0 Å². The van der Waals surface area contributed by atoms with Gasteiger partial charge in [0.15, 0.2) is 11.5 Å². The predicted octanol–water partition coefficient (Wildman–Crippen LogP) is 2.67. The van der Waals surface area contributed by atoms with E-state index >= 15 is 0 Å². The first kappa shape index (κ1) is 13.2. The fraction of sp³-hybridized carbons (Fsp3) is 0.412. The quantitative estimate of drug-likeness (QED) is 0.852. The second-order valence-electron chi connectivity index (χ2n) is 5.69. The van der Waals surface area contributed by atoms with Crippen molar-refractivity contribution in [3.05, 3.63) is 23.8 Å². The zero-order valence-electron chi connectivity index (χ0n) is 12.3. The molecular formula is C17H17N3O2. The van der Waals surface area contributed by atoms with Gasteiger partial charge in [0, 0.05) is 30.1 Å². The van der Waals surface area contributed by atoms with Gasteiger partial charge in [-0.15, -0.1) is 0 Å². The first-order chi connectivity index (χ1) is 10.8. The Morgan fingerprint density at radius 2 is 1.82 bits per heavy atom. The van der Waals surface area contributed by atoms with Crippen LogP contribution in [0.4, 0.5) is 5.82 Å². The van der Waals surface area contributed by atoms with Gasteiger partial charge >= 0.3 is 0 Å². The third-order valence-electron chi connectivity index (χ3n) is 4.21. The summed E-state index contributed by atoms with van der Waals surface area (Å²) in [6.07, 6.45) is 2.75. The van der Waals surface area contributed by atoms with Crippen LogP contribution in [0.5, 0.6) is 11.5 Å². The van der Waals surface area contributed by atoms with Gasteiger partial charge in [-0.05, 0) is 25.0 Å². The largest absolute Gasteiger partial charge is 0.486 e. The van der Waals surface area contributed by atoms with Crippen LogP contribution in [0.3, 0.4) is 0 Å². The fourth-order valence-electron chi connectivity index (χ4n) is 3.16. The maximum absolute atomic E-state index is 9.11. The average Bonchev–Trinajstić information content (AvgIpc) is 3.07. The molecule has 1 fully saturated rings. The first-order valence-corrected chi connectivity index (χ1v) is 7.70. The second kappa shape index (κ2) is 5.38. The molecule has 0 amide bonds. The van der Waals surface area contributed by atoms with E-state index in [-0.39, 0.29) is 0 Å². The van der Waals surface area contributed by atoms with E-state index in [1.165, 1.54) is 12.8 Å². The van der Waals surface area contributed by atoms with E-state index in [4.69, 9.17) is 19.7 Å². The minimum atomic E-state index is 0.378. The number of rotatable bonds is 2. The molecule has 2 aliphatic rings. The number of pyridine rings is 1. The van der Waals surface area contributed by atoms with Crippen molar-refractivity contribution in [2.24, 2.45) is 0 Å². The molecule has 0 aliphatic carbocycles. The summed E-state index contributed by atoms with van der Waals surface area (Å²) in [6, 6.07) is 8.23. The molecule has 1 aromatic carbocycles. The smallest absolute Gasteiger partial charge is 0.163 e. The molecule has 0 atom stereocenters. The zero-order chi connectivity index (χ0) is 14.9. The number of fused-ring (bicyclic) bond motifs is 2. The molecule has 0 saturated carbocycles. The molecule has 1 saturated heterocycles. The zero-order valence-corrected chi connectivity index (χ0v) is 12.3. The molecule has 0 spiro atoms. The van der Waals surface area contributed by atoms with Crippen LogP contribution in [0.15, 0.2) is 18.2 Å². The Labute approximate surface area is 129 Å². The summed E-state index contributed by atoms with van der Waals surface area (Å²) in [5.41, 5.74) is 1.89. The van der Waals surface area contributed by atoms with Crippen molar-refractivity contribution < 1.29 is 9.47 Å². The van der Waals surface area contributed by atoms with Crippen LogP contribution in [0.1, 0.15) is 18.4 Å². The number of nitrogens with zero attached hydrogens (tertiary/aromatic N) is 3. The molecule has 5 nitrogen and oxygen atoms in total. The highest BCUT2D eigenvalue weighted by Gasteiger charge is 2.20. The van der Waals surface area contributed by atoms with Gasteiger partial charge in [0.05, 0.1) is 18.0 Å². The third-order valence-corrected chi connectivity index (χ3v) is 4.21. The Kier molecular flexibility index (Phi) is 3.23. The highest BCUT2D eigenvalue weighted by Crippen LogP contribution is 2.36. The summed E-state index contributed by atoms with van der Waals surface area (Å²) in [5, 5.41) is 10.1. The van der Waals surface area contributed by atoms with E-state index in [1.54, 1.807) is 0 Å². The maximum atomic E-state index is 9.11. The Hall–Kier alpha value is -2.48. The lowest BCUT2D eigenvalue weighted by atomic mass is 10.1. The summed E-state index contributed by atoms with van der Waals surface area (Å²) < 4.78 is 11.3. The Bertz CT molecular complexity index is 761.